The first-order chi connectivity index (χ1) is 11.7. The molecule has 1 nitrogen and oxygen atoms in total. The molecular weight excluding hydrogens is 352 g/mol. The van der Waals surface area contributed by atoms with Gasteiger partial charge in [0.15, 0.2) is 0 Å². The Morgan fingerprint density at radius 1 is 0.385 bits per heavy atom. The standard InChI is InChI=1S/4C6H13.H2O.Ti/c4*1-3-5-6-4-2;;/h4*1,3-6H2,2H3;1H2;/q4*-1;;+4. The van der Waals surface area contributed by atoms with Crippen LogP contribution in [-0.4, -0.2) is 5.48 Å². The molecule has 0 spiro atoms. The van der Waals surface area contributed by atoms with Gasteiger partial charge in [0.2, 0.25) is 0 Å². The number of rotatable bonds is 12. The monoisotopic (exact) mass is 406 g/mol. The predicted molar refractivity (Wildman–Crippen MR) is 122 cm³/mol. The summed E-state index contributed by atoms with van der Waals surface area (Å²) < 4.78 is 0. The van der Waals surface area contributed by atoms with Gasteiger partial charge in [0.05, 0.1) is 0 Å². The maximum Gasteiger partial charge on any atom is 4.00 e. The second-order valence-electron chi connectivity index (χ2n) is 6.24. The molecule has 0 amide bonds. The van der Waals surface area contributed by atoms with Gasteiger partial charge in [-0.1, -0.05) is 105 Å². The van der Waals surface area contributed by atoms with E-state index in [1.54, 1.807) is 0 Å². The van der Waals surface area contributed by atoms with E-state index in [2.05, 4.69) is 55.4 Å². The van der Waals surface area contributed by atoms with Gasteiger partial charge in [-0.3, -0.25) is 0 Å². The molecule has 0 saturated carbocycles. The molecule has 0 bridgehead atoms. The van der Waals surface area contributed by atoms with Crippen molar-refractivity contribution in [2.75, 3.05) is 0 Å². The van der Waals surface area contributed by atoms with Crippen LogP contribution in [0.2, 0.25) is 0 Å². The van der Waals surface area contributed by atoms with Gasteiger partial charge in [0.1, 0.15) is 0 Å². The van der Waals surface area contributed by atoms with Crippen LogP contribution in [0.1, 0.15) is 130 Å². The molecule has 0 aromatic heterocycles. The van der Waals surface area contributed by atoms with Crippen LogP contribution in [0.4, 0.5) is 0 Å². The van der Waals surface area contributed by atoms with Gasteiger partial charge in [0, 0.05) is 0 Å². The van der Waals surface area contributed by atoms with E-state index in [0.717, 1.165) is 25.7 Å². The fourth-order valence-electron chi connectivity index (χ4n) is 1.71. The number of hydrogen-bond donors (Lipinski definition) is 0. The van der Waals surface area contributed by atoms with E-state index in [-0.39, 0.29) is 27.2 Å². The van der Waals surface area contributed by atoms with Crippen LogP contribution in [0, 0.1) is 27.7 Å². The first-order valence-electron chi connectivity index (χ1n) is 10.8. The molecule has 0 radical (unpaired) electrons. The number of hydrogen-bond acceptors (Lipinski definition) is 0. The van der Waals surface area contributed by atoms with Crippen molar-refractivity contribution in [3.8, 4) is 0 Å². The molecule has 0 aliphatic heterocycles. The molecule has 0 rings (SSSR count). The van der Waals surface area contributed by atoms with Crippen molar-refractivity contribution < 1.29 is 27.2 Å². The third-order valence-corrected chi connectivity index (χ3v) is 3.41. The van der Waals surface area contributed by atoms with E-state index in [1.807, 2.05) is 0 Å². The molecule has 160 valence electrons. The molecule has 2 heteroatoms. The molecule has 0 fully saturated rings. The van der Waals surface area contributed by atoms with Gasteiger partial charge in [0.25, 0.3) is 0 Å². The first-order valence-corrected chi connectivity index (χ1v) is 10.8. The summed E-state index contributed by atoms with van der Waals surface area (Å²) in [6.45, 7) is 23.7. The quantitative estimate of drug-likeness (QED) is 0.176. The molecule has 0 aromatic rings. The van der Waals surface area contributed by atoms with Crippen molar-refractivity contribution in [1.29, 1.82) is 0 Å². The third-order valence-electron chi connectivity index (χ3n) is 3.41. The molecule has 0 aliphatic carbocycles. The van der Waals surface area contributed by atoms with Crippen LogP contribution in [0.25, 0.3) is 0 Å². The first kappa shape index (κ1) is 41.1. The molecule has 2 N–H and O–H groups in total. The Balaban J connectivity index is -0.0000000500. The van der Waals surface area contributed by atoms with Gasteiger partial charge in [-0.15, -0.1) is 0 Å². The van der Waals surface area contributed by atoms with Crippen LogP contribution in [-0.2, 0) is 21.7 Å². The summed E-state index contributed by atoms with van der Waals surface area (Å²) in [6, 6.07) is 0. The maximum absolute atomic E-state index is 3.72. The van der Waals surface area contributed by atoms with E-state index in [0.29, 0.717) is 0 Å². The average Bonchev–Trinajstić information content (AvgIpc) is 2.62. The van der Waals surface area contributed by atoms with Crippen LogP contribution >= 0.6 is 0 Å². The van der Waals surface area contributed by atoms with Gasteiger partial charge < -0.3 is 33.2 Å². The van der Waals surface area contributed by atoms with E-state index >= 15 is 0 Å². The number of unbranched alkanes of at least 4 members (excludes halogenated alkanes) is 12. The zero-order valence-electron chi connectivity index (χ0n) is 19.1. The molecule has 0 saturated heterocycles. The molecule has 0 unspecified atom stereocenters. The molecule has 0 aliphatic rings. The van der Waals surface area contributed by atoms with Gasteiger partial charge in [-0.25, -0.2) is 0 Å². The van der Waals surface area contributed by atoms with Crippen molar-refractivity contribution in [2.24, 2.45) is 0 Å². The second kappa shape index (κ2) is 56.2. The van der Waals surface area contributed by atoms with Gasteiger partial charge in [-0.05, 0) is 0 Å². The minimum absolute atomic E-state index is 0. The Hall–Kier alpha value is 0.674. The van der Waals surface area contributed by atoms with Gasteiger partial charge in [-0.2, -0.15) is 25.7 Å². The van der Waals surface area contributed by atoms with E-state index < -0.39 is 0 Å². The SMILES string of the molecule is O.[CH2-]CCCCC.[CH2-]CCCCC.[CH2-]CCCCC.[CH2-]CCCCC.[Ti+4]. The Morgan fingerprint density at radius 3 is 0.577 bits per heavy atom. The van der Waals surface area contributed by atoms with Crippen LogP contribution < -0.4 is 0 Å². The molecular formula is C24H54OTi. The zero-order chi connectivity index (χ0) is 19.3. The van der Waals surface area contributed by atoms with Crippen molar-refractivity contribution in [3.05, 3.63) is 27.7 Å². The summed E-state index contributed by atoms with van der Waals surface area (Å²) in [5.74, 6) is 0. The zero-order valence-corrected chi connectivity index (χ0v) is 20.7. The van der Waals surface area contributed by atoms with Crippen LogP contribution in [0.3, 0.4) is 0 Å². The molecule has 0 heterocycles. The van der Waals surface area contributed by atoms with Crippen molar-refractivity contribution in [2.45, 2.75) is 130 Å². The van der Waals surface area contributed by atoms with Crippen LogP contribution in [0.15, 0.2) is 0 Å². The van der Waals surface area contributed by atoms with Crippen molar-refractivity contribution >= 4 is 0 Å². The molecule has 0 atom stereocenters. The van der Waals surface area contributed by atoms with E-state index in [9.17, 15) is 0 Å². The van der Waals surface area contributed by atoms with Crippen LogP contribution in [0.5, 0.6) is 0 Å². The largest absolute Gasteiger partial charge is 4.00 e. The molecule has 26 heavy (non-hydrogen) atoms. The fourth-order valence-corrected chi connectivity index (χ4v) is 1.71. The van der Waals surface area contributed by atoms with E-state index in [1.165, 1.54) is 77.0 Å². The third kappa shape index (κ3) is 86.1. The van der Waals surface area contributed by atoms with Crippen molar-refractivity contribution in [1.82, 2.24) is 0 Å². The Morgan fingerprint density at radius 2 is 0.538 bits per heavy atom. The minimum atomic E-state index is 0. The average molecular weight is 407 g/mol. The summed E-state index contributed by atoms with van der Waals surface area (Å²) in [4.78, 5) is 0. The summed E-state index contributed by atoms with van der Waals surface area (Å²) >= 11 is 0. The predicted octanol–water partition coefficient (Wildman–Crippen LogP) is 8.78. The Labute approximate surface area is 185 Å². The van der Waals surface area contributed by atoms with Crippen molar-refractivity contribution in [3.63, 3.8) is 0 Å². The normalized spacial score (nSPS) is 8.31. The fraction of sp³-hybridized carbons (Fsp3) is 0.833. The summed E-state index contributed by atoms with van der Waals surface area (Å²) in [5, 5.41) is 0. The Bertz CT molecular complexity index is 92.2. The Kier molecular flexibility index (Phi) is 89.0. The van der Waals surface area contributed by atoms with E-state index in [4.69, 9.17) is 0 Å². The molecule has 0 aromatic carbocycles. The topological polar surface area (TPSA) is 31.5 Å². The summed E-state index contributed by atoms with van der Waals surface area (Å²) in [5.41, 5.74) is 0. The maximum atomic E-state index is 3.72. The summed E-state index contributed by atoms with van der Waals surface area (Å²) in [7, 11) is 0. The summed E-state index contributed by atoms with van der Waals surface area (Å²) in [6.07, 6.45) is 20.3. The minimum Gasteiger partial charge on any atom is -0.412 e. The second-order valence-corrected chi connectivity index (χ2v) is 6.24. The van der Waals surface area contributed by atoms with Gasteiger partial charge >= 0.3 is 21.7 Å². The smallest absolute Gasteiger partial charge is 0.412 e.